The van der Waals surface area contributed by atoms with Crippen molar-refractivity contribution in [1.82, 2.24) is 4.57 Å². The van der Waals surface area contributed by atoms with E-state index in [1.54, 1.807) is 0 Å². The summed E-state index contributed by atoms with van der Waals surface area (Å²) in [5.74, 6) is 0.429. The van der Waals surface area contributed by atoms with E-state index in [-0.39, 0.29) is 23.6 Å². The maximum atomic E-state index is 13.4. The van der Waals surface area contributed by atoms with Crippen molar-refractivity contribution in [2.45, 2.75) is 31.7 Å². The first-order valence-electron chi connectivity index (χ1n) is 8.47. The maximum Gasteiger partial charge on any atom is 0.417 e. The number of alkyl halides is 3. The van der Waals surface area contributed by atoms with Gasteiger partial charge in [-0.2, -0.15) is 13.2 Å². The second-order valence-corrected chi connectivity index (χ2v) is 7.50. The Morgan fingerprint density at radius 2 is 1.78 bits per heavy atom. The van der Waals surface area contributed by atoms with Gasteiger partial charge in [0.05, 0.1) is 11.1 Å². The van der Waals surface area contributed by atoms with E-state index in [2.05, 4.69) is 15.9 Å². The number of hydrogen-bond donors (Lipinski definition) is 0. The smallest absolute Gasteiger partial charge is 0.417 e. The van der Waals surface area contributed by atoms with E-state index in [0.29, 0.717) is 11.8 Å². The second-order valence-electron chi connectivity index (χ2n) is 6.59. The fraction of sp³-hybridized carbons (Fsp3) is 0.250. The number of rotatable bonds is 4. The summed E-state index contributed by atoms with van der Waals surface area (Å²) in [6, 6.07) is 12.7. The Morgan fingerprint density at radius 3 is 2.41 bits per heavy atom. The molecule has 0 aliphatic heterocycles. The van der Waals surface area contributed by atoms with E-state index in [1.165, 1.54) is 22.8 Å². The van der Waals surface area contributed by atoms with Crippen molar-refractivity contribution in [1.29, 1.82) is 0 Å². The van der Waals surface area contributed by atoms with E-state index in [1.807, 2.05) is 24.3 Å². The third-order valence-corrected chi connectivity index (χ3v) is 5.09. The van der Waals surface area contributed by atoms with E-state index < -0.39 is 17.3 Å². The summed E-state index contributed by atoms with van der Waals surface area (Å²) >= 11 is 3.36. The first-order chi connectivity index (χ1) is 12.8. The zero-order valence-corrected chi connectivity index (χ0v) is 15.7. The molecule has 0 bridgehead atoms. The number of hydrogen-bond acceptors (Lipinski definition) is 2. The Morgan fingerprint density at radius 1 is 1.07 bits per heavy atom. The van der Waals surface area contributed by atoms with Crippen molar-refractivity contribution in [2.75, 3.05) is 0 Å². The fourth-order valence-corrected chi connectivity index (χ4v) is 3.37. The highest BCUT2D eigenvalue weighted by Gasteiger charge is 2.35. The lowest BCUT2D eigenvalue weighted by atomic mass is 10.1. The number of benzene rings is 2. The van der Waals surface area contributed by atoms with Crippen LogP contribution in [0.25, 0.3) is 10.9 Å². The van der Waals surface area contributed by atoms with Crippen LogP contribution in [0.4, 0.5) is 13.2 Å². The van der Waals surface area contributed by atoms with Crippen LogP contribution >= 0.6 is 15.9 Å². The fourth-order valence-electron chi connectivity index (χ4n) is 3.11. The minimum absolute atomic E-state index is 0.0185. The van der Waals surface area contributed by atoms with E-state index in [4.69, 9.17) is 4.74 Å². The maximum absolute atomic E-state index is 13.4. The minimum atomic E-state index is -4.58. The third kappa shape index (κ3) is 3.74. The predicted molar refractivity (Wildman–Crippen MR) is 100.0 cm³/mol. The topological polar surface area (TPSA) is 31.2 Å². The summed E-state index contributed by atoms with van der Waals surface area (Å²) in [4.78, 5) is 12.3. The van der Waals surface area contributed by atoms with Gasteiger partial charge in [-0.15, -0.1) is 0 Å². The largest absolute Gasteiger partial charge is 0.489 e. The van der Waals surface area contributed by atoms with Crippen molar-refractivity contribution in [3.63, 3.8) is 0 Å². The van der Waals surface area contributed by atoms with Crippen LogP contribution in [-0.4, -0.2) is 4.57 Å². The molecule has 0 radical (unpaired) electrons. The van der Waals surface area contributed by atoms with Gasteiger partial charge in [0.25, 0.3) is 5.56 Å². The van der Waals surface area contributed by atoms with Gasteiger partial charge in [-0.05, 0) is 42.7 Å². The minimum Gasteiger partial charge on any atom is -0.489 e. The summed E-state index contributed by atoms with van der Waals surface area (Å²) < 4.78 is 48.2. The van der Waals surface area contributed by atoms with E-state index in [0.717, 1.165) is 22.9 Å². The van der Waals surface area contributed by atoms with Gasteiger partial charge in [-0.25, -0.2) is 0 Å². The summed E-state index contributed by atoms with van der Waals surface area (Å²) in [5.41, 5.74) is -0.325. The standard InChI is InChI=1S/C20H15BrF3NO2/c21-13-3-1-12(2-4-13)11-27-15-7-8-16-17(20(22,23)24)10-19(26)25(14-5-6-14)18(16)9-15/h1-4,7-10,14H,5-6,11H2. The van der Waals surface area contributed by atoms with Gasteiger partial charge < -0.3 is 9.30 Å². The predicted octanol–water partition coefficient (Wildman–Crippen LogP) is 5.70. The number of pyridine rings is 1. The number of halogens is 4. The molecule has 1 aliphatic rings. The SMILES string of the molecule is O=c1cc(C(F)(F)F)c2ccc(OCc3ccc(Br)cc3)cc2n1C1CC1. The van der Waals surface area contributed by atoms with Crippen molar-refractivity contribution in [2.24, 2.45) is 0 Å². The van der Waals surface area contributed by atoms with Gasteiger partial charge in [0.15, 0.2) is 0 Å². The quantitative estimate of drug-likeness (QED) is 0.524. The van der Waals surface area contributed by atoms with Gasteiger partial charge in [0, 0.05) is 28.0 Å². The van der Waals surface area contributed by atoms with Gasteiger partial charge in [-0.3, -0.25) is 4.79 Å². The first kappa shape index (κ1) is 18.1. The molecule has 7 heteroatoms. The molecule has 0 unspecified atom stereocenters. The molecule has 0 N–H and O–H groups in total. The van der Waals surface area contributed by atoms with Crippen LogP contribution in [-0.2, 0) is 12.8 Å². The highest BCUT2D eigenvalue weighted by atomic mass is 79.9. The van der Waals surface area contributed by atoms with Gasteiger partial charge >= 0.3 is 6.18 Å². The van der Waals surface area contributed by atoms with Gasteiger partial charge in [-0.1, -0.05) is 28.1 Å². The molecule has 1 aliphatic carbocycles. The highest BCUT2D eigenvalue weighted by Crippen LogP contribution is 2.40. The molecule has 3 aromatic rings. The molecule has 0 saturated heterocycles. The van der Waals surface area contributed by atoms with Crippen LogP contribution in [0.5, 0.6) is 5.75 Å². The lowest BCUT2D eigenvalue weighted by molar-refractivity contribution is -0.136. The lowest BCUT2D eigenvalue weighted by Crippen LogP contribution is -2.22. The van der Waals surface area contributed by atoms with Gasteiger partial charge in [0.2, 0.25) is 0 Å². The molecule has 4 rings (SSSR count). The van der Waals surface area contributed by atoms with Crippen molar-refractivity contribution in [3.05, 3.63) is 74.5 Å². The van der Waals surface area contributed by atoms with Crippen molar-refractivity contribution < 1.29 is 17.9 Å². The second kappa shape index (κ2) is 6.71. The summed E-state index contributed by atoms with van der Waals surface area (Å²) in [6.07, 6.45) is -2.99. The Hall–Kier alpha value is -2.28. The molecule has 27 heavy (non-hydrogen) atoms. The Bertz CT molecular complexity index is 1050. The van der Waals surface area contributed by atoms with Crippen LogP contribution in [0, 0.1) is 0 Å². The normalized spacial score (nSPS) is 14.5. The monoisotopic (exact) mass is 437 g/mol. The molecular formula is C20H15BrF3NO2. The van der Waals surface area contributed by atoms with Gasteiger partial charge in [0.1, 0.15) is 12.4 Å². The zero-order valence-electron chi connectivity index (χ0n) is 14.1. The number of fused-ring (bicyclic) bond motifs is 1. The average molecular weight is 438 g/mol. The summed E-state index contributed by atoms with van der Waals surface area (Å²) in [6.45, 7) is 0.283. The average Bonchev–Trinajstić information content (AvgIpc) is 3.44. The molecular weight excluding hydrogens is 423 g/mol. The molecule has 2 aromatic carbocycles. The molecule has 3 nitrogen and oxygen atoms in total. The Labute approximate surface area is 161 Å². The Balaban J connectivity index is 1.75. The zero-order chi connectivity index (χ0) is 19.2. The van der Waals surface area contributed by atoms with Crippen molar-refractivity contribution in [3.8, 4) is 5.75 Å². The number of nitrogens with zero attached hydrogens (tertiary/aromatic N) is 1. The number of ether oxygens (including phenoxy) is 1. The van der Waals surface area contributed by atoms with E-state index >= 15 is 0 Å². The van der Waals surface area contributed by atoms with E-state index in [9.17, 15) is 18.0 Å². The molecule has 0 amide bonds. The van der Waals surface area contributed by atoms with Crippen molar-refractivity contribution >= 4 is 26.8 Å². The molecule has 1 saturated carbocycles. The first-order valence-corrected chi connectivity index (χ1v) is 9.26. The molecule has 0 spiro atoms. The van der Waals surface area contributed by atoms with Crippen LogP contribution in [0.15, 0.2) is 57.8 Å². The van der Waals surface area contributed by atoms with Crippen LogP contribution in [0.2, 0.25) is 0 Å². The van der Waals surface area contributed by atoms with Crippen LogP contribution in [0.3, 0.4) is 0 Å². The molecule has 1 aromatic heterocycles. The molecule has 140 valence electrons. The molecule has 0 atom stereocenters. The summed E-state index contributed by atoms with van der Waals surface area (Å²) in [7, 11) is 0. The van der Waals surface area contributed by atoms with Crippen LogP contribution in [0.1, 0.15) is 30.0 Å². The molecule has 1 fully saturated rings. The Kier molecular flexibility index (Phi) is 4.50. The molecule has 1 heterocycles. The summed E-state index contributed by atoms with van der Waals surface area (Å²) in [5, 5.41) is 0.0185. The lowest BCUT2D eigenvalue weighted by Gasteiger charge is -2.16. The number of aromatic nitrogens is 1. The third-order valence-electron chi connectivity index (χ3n) is 4.56. The van der Waals surface area contributed by atoms with Crippen LogP contribution < -0.4 is 10.3 Å². The highest BCUT2D eigenvalue weighted by molar-refractivity contribution is 9.10.